The highest BCUT2D eigenvalue weighted by molar-refractivity contribution is 5.98. The summed E-state index contributed by atoms with van der Waals surface area (Å²) in [6.07, 6.45) is 0.657. The molecule has 2 aromatic rings. The molecule has 0 aromatic heterocycles. The van der Waals surface area contributed by atoms with E-state index >= 15 is 0 Å². The van der Waals surface area contributed by atoms with E-state index in [2.05, 4.69) is 5.32 Å². The summed E-state index contributed by atoms with van der Waals surface area (Å²) in [5.74, 6) is -0.105. The van der Waals surface area contributed by atoms with Crippen molar-refractivity contribution in [1.82, 2.24) is 0 Å². The van der Waals surface area contributed by atoms with Gasteiger partial charge in [0.15, 0.2) is 23.9 Å². The van der Waals surface area contributed by atoms with E-state index in [0.29, 0.717) is 36.0 Å². The largest absolute Gasteiger partial charge is 0.490 e. The smallest absolute Gasteiger partial charge is 0.306 e. The molecule has 0 saturated heterocycles. The maximum atomic E-state index is 12.3. The molecule has 1 aliphatic rings. The van der Waals surface area contributed by atoms with Gasteiger partial charge in [-0.2, -0.15) is 0 Å². The summed E-state index contributed by atoms with van der Waals surface area (Å²) >= 11 is 0. The molecule has 1 heterocycles. The van der Waals surface area contributed by atoms with Gasteiger partial charge in [-0.3, -0.25) is 14.4 Å². The van der Waals surface area contributed by atoms with E-state index in [4.69, 9.17) is 14.2 Å². The number of benzene rings is 2. The van der Waals surface area contributed by atoms with Gasteiger partial charge in [-0.15, -0.1) is 0 Å². The van der Waals surface area contributed by atoms with Crippen molar-refractivity contribution in [3.05, 3.63) is 53.6 Å². The molecule has 0 bridgehead atoms. The van der Waals surface area contributed by atoms with Crippen LogP contribution in [0.25, 0.3) is 0 Å². The van der Waals surface area contributed by atoms with Crippen molar-refractivity contribution in [1.29, 1.82) is 0 Å². The molecule has 0 unspecified atom stereocenters. The van der Waals surface area contributed by atoms with Crippen LogP contribution in [0.4, 0.5) is 5.69 Å². The number of hydrogen-bond donors (Lipinski definition) is 1. The van der Waals surface area contributed by atoms with Crippen molar-refractivity contribution in [2.45, 2.75) is 26.2 Å². The third-order valence-electron chi connectivity index (χ3n) is 4.33. The zero-order chi connectivity index (χ0) is 20.6. The van der Waals surface area contributed by atoms with E-state index in [1.54, 1.807) is 30.3 Å². The molecule has 29 heavy (non-hydrogen) atoms. The zero-order valence-corrected chi connectivity index (χ0v) is 16.2. The Labute approximate surface area is 169 Å². The first-order chi connectivity index (χ1) is 14.0. The minimum Gasteiger partial charge on any atom is -0.490 e. The highest BCUT2D eigenvalue weighted by atomic mass is 16.5. The van der Waals surface area contributed by atoms with Crippen molar-refractivity contribution in [3.8, 4) is 11.5 Å². The monoisotopic (exact) mass is 397 g/mol. The first-order valence-electron chi connectivity index (χ1n) is 9.46. The fourth-order valence-corrected chi connectivity index (χ4v) is 2.75. The van der Waals surface area contributed by atoms with Gasteiger partial charge in [0.1, 0.15) is 0 Å². The second-order valence-corrected chi connectivity index (χ2v) is 6.71. The van der Waals surface area contributed by atoms with Crippen molar-refractivity contribution in [2.75, 3.05) is 25.1 Å². The lowest BCUT2D eigenvalue weighted by Crippen LogP contribution is -2.21. The Hall–Kier alpha value is -3.35. The van der Waals surface area contributed by atoms with Gasteiger partial charge in [0.25, 0.3) is 5.91 Å². The Morgan fingerprint density at radius 3 is 2.45 bits per heavy atom. The number of carbonyl (C=O) groups excluding carboxylic acids is 3. The summed E-state index contributed by atoms with van der Waals surface area (Å²) in [5, 5.41) is 2.64. The Kier molecular flexibility index (Phi) is 6.84. The number of anilines is 1. The molecule has 0 saturated carbocycles. The first-order valence-corrected chi connectivity index (χ1v) is 9.46. The molecule has 0 aliphatic carbocycles. The van der Waals surface area contributed by atoms with Crippen LogP contribution in [-0.2, 0) is 14.3 Å². The molecule has 7 nitrogen and oxygen atoms in total. The maximum Gasteiger partial charge on any atom is 0.306 e. The predicted molar refractivity (Wildman–Crippen MR) is 106 cm³/mol. The van der Waals surface area contributed by atoms with Crippen LogP contribution in [0.15, 0.2) is 42.5 Å². The molecular weight excluding hydrogens is 374 g/mol. The van der Waals surface area contributed by atoms with E-state index in [1.165, 1.54) is 0 Å². The number of nitrogens with one attached hydrogen (secondary N) is 1. The number of carbonyl (C=O) groups is 3. The standard InChI is InChI=1S/C22H23NO6/c1-15-3-6-17(7-4-15)23-21(25)14-29-22(26)10-8-18(24)16-5-9-19-20(13-16)28-12-2-11-27-19/h3-7,9,13H,2,8,10-12,14H2,1H3,(H,23,25). The summed E-state index contributed by atoms with van der Waals surface area (Å²) in [4.78, 5) is 36.0. The number of hydrogen-bond acceptors (Lipinski definition) is 6. The van der Waals surface area contributed by atoms with Crippen LogP contribution in [0.5, 0.6) is 11.5 Å². The number of Topliss-reactive ketones (excluding diaryl/α,β-unsaturated/α-hetero) is 1. The van der Waals surface area contributed by atoms with Crippen LogP contribution >= 0.6 is 0 Å². The summed E-state index contributed by atoms with van der Waals surface area (Å²) in [6.45, 7) is 2.65. The fraction of sp³-hybridized carbons (Fsp3) is 0.318. The number of amides is 1. The molecule has 0 radical (unpaired) electrons. The average Bonchev–Trinajstić information content (AvgIpc) is 2.97. The van der Waals surface area contributed by atoms with Crippen molar-refractivity contribution < 1.29 is 28.6 Å². The number of ether oxygens (including phenoxy) is 3. The van der Waals surface area contributed by atoms with Gasteiger partial charge in [0, 0.05) is 24.1 Å². The lowest BCUT2D eigenvalue weighted by Gasteiger charge is -2.09. The van der Waals surface area contributed by atoms with Gasteiger partial charge in [-0.25, -0.2) is 0 Å². The molecule has 0 fully saturated rings. The average molecular weight is 397 g/mol. The topological polar surface area (TPSA) is 90.9 Å². The number of ketones is 1. The minimum absolute atomic E-state index is 0.0158. The van der Waals surface area contributed by atoms with Crippen molar-refractivity contribution in [3.63, 3.8) is 0 Å². The van der Waals surface area contributed by atoms with Crippen molar-refractivity contribution in [2.24, 2.45) is 0 Å². The molecule has 2 aromatic carbocycles. The fourth-order valence-electron chi connectivity index (χ4n) is 2.75. The van der Waals surface area contributed by atoms with E-state index in [-0.39, 0.29) is 18.6 Å². The Morgan fingerprint density at radius 2 is 1.69 bits per heavy atom. The van der Waals surface area contributed by atoms with E-state index in [9.17, 15) is 14.4 Å². The van der Waals surface area contributed by atoms with Crippen LogP contribution in [0, 0.1) is 6.92 Å². The molecule has 0 spiro atoms. The SMILES string of the molecule is Cc1ccc(NC(=O)COC(=O)CCC(=O)c2ccc3c(c2)OCCCO3)cc1. The molecule has 0 atom stereocenters. The predicted octanol–water partition coefficient (Wildman–Crippen LogP) is 3.30. The Morgan fingerprint density at radius 1 is 0.966 bits per heavy atom. The third kappa shape index (κ3) is 6.07. The highest BCUT2D eigenvalue weighted by Gasteiger charge is 2.16. The van der Waals surface area contributed by atoms with Crippen LogP contribution < -0.4 is 14.8 Å². The number of aryl methyl sites for hydroxylation is 1. The summed E-state index contributed by atoms with van der Waals surface area (Å²) in [7, 11) is 0. The van der Waals surface area contributed by atoms with Gasteiger partial charge < -0.3 is 19.5 Å². The van der Waals surface area contributed by atoms with E-state index in [0.717, 1.165) is 12.0 Å². The lowest BCUT2D eigenvalue weighted by molar-refractivity contribution is -0.147. The Bertz CT molecular complexity index is 891. The van der Waals surface area contributed by atoms with Gasteiger partial charge in [0.05, 0.1) is 19.6 Å². The maximum absolute atomic E-state index is 12.3. The van der Waals surface area contributed by atoms with E-state index < -0.39 is 18.5 Å². The number of fused-ring (bicyclic) bond motifs is 1. The number of rotatable bonds is 7. The third-order valence-corrected chi connectivity index (χ3v) is 4.33. The quantitative estimate of drug-likeness (QED) is 0.569. The van der Waals surface area contributed by atoms with Crippen molar-refractivity contribution >= 4 is 23.3 Å². The molecule has 152 valence electrons. The normalized spacial score (nSPS) is 12.6. The zero-order valence-electron chi connectivity index (χ0n) is 16.2. The van der Waals surface area contributed by atoms with Gasteiger partial charge >= 0.3 is 5.97 Å². The molecule has 7 heteroatoms. The molecule has 1 aliphatic heterocycles. The van der Waals surface area contributed by atoms with Crippen LogP contribution in [-0.4, -0.2) is 37.5 Å². The molecule has 1 N–H and O–H groups in total. The first kappa shape index (κ1) is 20.4. The van der Waals surface area contributed by atoms with Crippen LogP contribution in [0.2, 0.25) is 0 Å². The van der Waals surface area contributed by atoms with Gasteiger partial charge in [-0.1, -0.05) is 17.7 Å². The summed E-state index contributed by atoms with van der Waals surface area (Å²) in [5.41, 5.74) is 2.15. The minimum atomic E-state index is -0.605. The van der Waals surface area contributed by atoms with Crippen LogP contribution in [0.1, 0.15) is 35.2 Å². The molecule has 1 amide bonds. The van der Waals surface area contributed by atoms with Gasteiger partial charge in [0.2, 0.25) is 0 Å². The Balaban J connectivity index is 1.43. The molecule has 3 rings (SSSR count). The second-order valence-electron chi connectivity index (χ2n) is 6.71. The van der Waals surface area contributed by atoms with Crippen LogP contribution in [0.3, 0.4) is 0 Å². The summed E-state index contributed by atoms with van der Waals surface area (Å²) < 4.78 is 16.1. The summed E-state index contributed by atoms with van der Waals surface area (Å²) in [6, 6.07) is 12.2. The van der Waals surface area contributed by atoms with Gasteiger partial charge in [-0.05, 0) is 37.3 Å². The highest BCUT2D eigenvalue weighted by Crippen LogP contribution is 2.30. The molecular formula is C22H23NO6. The lowest BCUT2D eigenvalue weighted by atomic mass is 10.1. The van der Waals surface area contributed by atoms with E-state index in [1.807, 2.05) is 19.1 Å². The number of esters is 1. The second kappa shape index (κ2) is 9.73.